The Morgan fingerprint density at radius 1 is 1.11 bits per heavy atom. The van der Waals surface area contributed by atoms with Gasteiger partial charge in [0.05, 0.1) is 25.9 Å². The quantitative estimate of drug-likeness (QED) is 0.691. The van der Waals surface area contributed by atoms with E-state index in [1.807, 2.05) is 30.3 Å². The van der Waals surface area contributed by atoms with Gasteiger partial charge in [-0.2, -0.15) is 0 Å². The Morgan fingerprint density at radius 2 is 1.78 bits per heavy atom. The number of benzene rings is 2. The molecule has 0 fully saturated rings. The van der Waals surface area contributed by atoms with Crippen LogP contribution in [-0.2, 0) is 17.8 Å². The highest BCUT2D eigenvalue weighted by molar-refractivity contribution is 5.93. The van der Waals surface area contributed by atoms with Crippen molar-refractivity contribution in [2.24, 2.45) is 0 Å². The van der Waals surface area contributed by atoms with Gasteiger partial charge in [0.15, 0.2) is 0 Å². The lowest BCUT2D eigenvalue weighted by Gasteiger charge is -2.26. The first-order valence-corrected chi connectivity index (χ1v) is 8.63. The van der Waals surface area contributed by atoms with Crippen LogP contribution in [0.3, 0.4) is 0 Å². The molecule has 0 aliphatic carbocycles. The van der Waals surface area contributed by atoms with E-state index in [1.165, 1.54) is 28.1 Å². The third-order valence-corrected chi connectivity index (χ3v) is 4.28. The second kappa shape index (κ2) is 8.88. The van der Waals surface area contributed by atoms with Crippen LogP contribution < -0.4 is 9.47 Å². The number of esters is 1. The number of carbonyl (C=O) groups excluding carboxylic acids is 1. The first-order chi connectivity index (χ1) is 12.8. The minimum Gasteiger partial charge on any atom is -0.496 e. The van der Waals surface area contributed by atoms with E-state index in [9.17, 15) is 15.0 Å². The molecule has 2 N–H and O–H groups in total. The monoisotopic (exact) mass is 374 g/mol. The number of carbonyl (C=O) groups is 1. The summed E-state index contributed by atoms with van der Waals surface area (Å²) >= 11 is 0. The second-order valence-electron chi connectivity index (χ2n) is 6.76. The van der Waals surface area contributed by atoms with Gasteiger partial charge in [-0.15, -0.1) is 0 Å². The maximum atomic E-state index is 12.2. The first-order valence-electron chi connectivity index (χ1n) is 8.63. The minimum absolute atomic E-state index is 0.0433. The molecule has 0 aliphatic heterocycles. The van der Waals surface area contributed by atoms with Crippen LogP contribution in [0.15, 0.2) is 42.5 Å². The van der Waals surface area contributed by atoms with Gasteiger partial charge in [-0.3, -0.25) is 0 Å². The fourth-order valence-electron chi connectivity index (χ4n) is 2.60. The molecule has 0 aromatic heterocycles. The average molecular weight is 374 g/mol. The van der Waals surface area contributed by atoms with Gasteiger partial charge < -0.3 is 24.4 Å². The molecule has 0 radical (unpaired) electrons. The molecule has 2 rings (SSSR count). The number of aliphatic hydroxyl groups is 2. The van der Waals surface area contributed by atoms with Crippen molar-refractivity contribution >= 4 is 5.97 Å². The zero-order chi connectivity index (χ0) is 20.0. The molecule has 0 spiro atoms. The molecule has 0 amide bonds. The van der Waals surface area contributed by atoms with Crippen LogP contribution in [0, 0.1) is 0 Å². The number of methoxy groups -OCH3 is 2. The van der Waals surface area contributed by atoms with Crippen molar-refractivity contribution in [3.8, 4) is 11.5 Å². The predicted octanol–water partition coefficient (Wildman–Crippen LogP) is 2.74. The van der Waals surface area contributed by atoms with E-state index >= 15 is 0 Å². The molecule has 146 valence electrons. The Balaban J connectivity index is 2.47. The van der Waals surface area contributed by atoms with Crippen molar-refractivity contribution in [2.75, 3.05) is 14.2 Å². The van der Waals surface area contributed by atoms with E-state index in [0.717, 1.165) is 5.56 Å². The van der Waals surface area contributed by atoms with Crippen molar-refractivity contribution in [3.63, 3.8) is 0 Å². The van der Waals surface area contributed by atoms with Crippen LogP contribution in [0.2, 0.25) is 0 Å². The standard InChI is InChI=1S/C21H26O6/c1-21(2,24)18(22)12-16-17(25-3)11-10-15(20(23)26-4)19(16)27-13-14-8-6-5-7-9-14/h5-11,18,22,24H,12-13H2,1-4H3/t18-/m0/s1. The Kier molecular flexibility index (Phi) is 6.82. The second-order valence-corrected chi connectivity index (χ2v) is 6.76. The molecule has 27 heavy (non-hydrogen) atoms. The number of rotatable bonds is 8. The summed E-state index contributed by atoms with van der Waals surface area (Å²) in [5.41, 5.74) is 0.312. The fraction of sp³-hybridized carbons (Fsp3) is 0.381. The Hall–Kier alpha value is -2.57. The third-order valence-electron chi connectivity index (χ3n) is 4.28. The molecule has 2 aromatic carbocycles. The molecule has 0 saturated heterocycles. The number of hydrogen-bond acceptors (Lipinski definition) is 6. The number of hydrogen-bond donors (Lipinski definition) is 2. The van der Waals surface area contributed by atoms with Crippen molar-refractivity contribution in [3.05, 3.63) is 59.2 Å². The summed E-state index contributed by atoms with van der Waals surface area (Å²) in [6.07, 6.45) is -1.04. The lowest BCUT2D eigenvalue weighted by Crippen LogP contribution is -2.37. The summed E-state index contributed by atoms with van der Waals surface area (Å²) in [6, 6.07) is 12.7. The van der Waals surface area contributed by atoms with E-state index in [2.05, 4.69) is 0 Å². The number of aliphatic hydroxyl groups excluding tert-OH is 1. The van der Waals surface area contributed by atoms with Gasteiger partial charge in [-0.05, 0) is 31.5 Å². The predicted molar refractivity (Wildman–Crippen MR) is 101 cm³/mol. The van der Waals surface area contributed by atoms with Gasteiger partial charge in [-0.25, -0.2) is 4.79 Å². The van der Waals surface area contributed by atoms with Gasteiger partial charge in [0.1, 0.15) is 23.7 Å². The minimum atomic E-state index is -1.33. The van der Waals surface area contributed by atoms with Crippen LogP contribution >= 0.6 is 0 Å². The maximum absolute atomic E-state index is 12.2. The lowest BCUT2D eigenvalue weighted by molar-refractivity contribution is -0.0473. The summed E-state index contributed by atoms with van der Waals surface area (Å²) < 4.78 is 16.2. The molecule has 0 saturated carbocycles. The van der Waals surface area contributed by atoms with Crippen LogP contribution in [0.4, 0.5) is 0 Å². The SMILES string of the molecule is COC(=O)c1ccc(OC)c(C[C@H](O)C(C)(C)O)c1OCc1ccccc1. The van der Waals surface area contributed by atoms with Crippen molar-refractivity contribution in [1.29, 1.82) is 0 Å². The molecule has 0 heterocycles. The summed E-state index contributed by atoms with van der Waals surface area (Å²) in [5.74, 6) is 0.169. The largest absolute Gasteiger partial charge is 0.496 e. The Morgan fingerprint density at radius 3 is 2.33 bits per heavy atom. The summed E-state index contributed by atoms with van der Waals surface area (Å²) in [4.78, 5) is 12.2. The van der Waals surface area contributed by atoms with Gasteiger partial charge in [0, 0.05) is 12.0 Å². The Bertz CT molecular complexity index is 764. The van der Waals surface area contributed by atoms with E-state index in [4.69, 9.17) is 14.2 Å². The molecule has 6 heteroatoms. The highest BCUT2D eigenvalue weighted by atomic mass is 16.5. The normalized spacial score (nSPS) is 12.4. The zero-order valence-corrected chi connectivity index (χ0v) is 16.1. The topological polar surface area (TPSA) is 85.2 Å². The fourth-order valence-corrected chi connectivity index (χ4v) is 2.60. The number of ether oxygens (including phenoxy) is 3. The average Bonchev–Trinajstić information content (AvgIpc) is 2.65. The van der Waals surface area contributed by atoms with Crippen LogP contribution in [-0.4, -0.2) is 42.1 Å². The molecule has 0 aliphatic rings. The Labute approximate surface area is 159 Å². The zero-order valence-electron chi connectivity index (χ0n) is 16.1. The molecular weight excluding hydrogens is 348 g/mol. The van der Waals surface area contributed by atoms with Crippen LogP contribution in [0.1, 0.15) is 35.3 Å². The third kappa shape index (κ3) is 5.21. The summed E-state index contributed by atoms with van der Waals surface area (Å²) in [5, 5.41) is 20.5. The smallest absolute Gasteiger partial charge is 0.341 e. The maximum Gasteiger partial charge on any atom is 0.341 e. The van der Waals surface area contributed by atoms with Crippen molar-refractivity contribution in [2.45, 2.75) is 38.6 Å². The van der Waals surface area contributed by atoms with Gasteiger partial charge in [-0.1, -0.05) is 30.3 Å². The van der Waals surface area contributed by atoms with E-state index < -0.39 is 17.7 Å². The highest BCUT2D eigenvalue weighted by Crippen LogP contribution is 2.35. The highest BCUT2D eigenvalue weighted by Gasteiger charge is 2.29. The van der Waals surface area contributed by atoms with Crippen LogP contribution in [0.25, 0.3) is 0 Å². The molecule has 0 unspecified atom stereocenters. The summed E-state index contributed by atoms with van der Waals surface area (Å²) in [7, 11) is 2.78. The van der Waals surface area contributed by atoms with Crippen molar-refractivity contribution < 1.29 is 29.2 Å². The van der Waals surface area contributed by atoms with Gasteiger partial charge in [0.25, 0.3) is 0 Å². The van der Waals surface area contributed by atoms with E-state index in [0.29, 0.717) is 11.3 Å². The van der Waals surface area contributed by atoms with Crippen LogP contribution in [0.5, 0.6) is 11.5 Å². The van der Waals surface area contributed by atoms with Gasteiger partial charge in [0.2, 0.25) is 0 Å². The van der Waals surface area contributed by atoms with Gasteiger partial charge >= 0.3 is 5.97 Å². The molecule has 0 bridgehead atoms. The van der Waals surface area contributed by atoms with Crippen molar-refractivity contribution in [1.82, 2.24) is 0 Å². The molecule has 6 nitrogen and oxygen atoms in total. The molecule has 2 aromatic rings. The molecular formula is C21H26O6. The lowest BCUT2D eigenvalue weighted by atomic mass is 9.93. The molecule has 1 atom stereocenters. The van der Waals surface area contributed by atoms with E-state index in [-0.39, 0.29) is 24.3 Å². The van der Waals surface area contributed by atoms with E-state index in [1.54, 1.807) is 12.1 Å². The summed E-state index contributed by atoms with van der Waals surface area (Å²) in [6.45, 7) is 3.25. The first kappa shape index (κ1) is 20.7.